The smallest absolute Gasteiger partial charge is 0.254 e. The van der Waals surface area contributed by atoms with E-state index in [2.05, 4.69) is 5.16 Å². The Morgan fingerprint density at radius 1 is 1.36 bits per heavy atom. The first-order chi connectivity index (χ1) is 12.1. The molecule has 0 spiro atoms. The second-order valence-electron chi connectivity index (χ2n) is 6.88. The van der Waals surface area contributed by atoms with Crippen LogP contribution in [0.1, 0.15) is 52.6 Å². The van der Waals surface area contributed by atoms with Gasteiger partial charge in [-0.2, -0.15) is 0 Å². The van der Waals surface area contributed by atoms with E-state index in [-0.39, 0.29) is 11.8 Å². The molecule has 6 heteroatoms. The highest BCUT2D eigenvalue weighted by Crippen LogP contribution is 2.40. The molecule has 2 aliphatic rings. The standard InChI is InChI=1S/C19H21N3O3/c1-21(12-15-10-17(25-20-15)13-6-7-13)18(23)8-9-22-11-14-4-2-3-5-16(14)19(22)24/h2-5,10,13H,6-9,11-12H2,1H3. The summed E-state index contributed by atoms with van der Waals surface area (Å²) in [7, 11) is 1.76. The zero-order valence-corrected chi connectivity index (χ0v) is 14.3. The van der Waals surface area contributed by atoms with Gasteiger partial charge in [-0.3, -0.25) is 9.59 Å². The topological polar surface area (TPSA) is 66.7 Å². The highest BCUT2D eigenvalue weighted by Gasteiger charge is 2.29. The summed E-state index contributed by atoms with van der Waals surface area (Å²) in [5.74, 6) is 1.46. The second kappa shape index (κ2) is 6.35. The van der Waals surface area contributed by atoms with Crippen LogP contribution < -0.4 is 0 Å². The zero-order chi connectivity index (χ0) is 17.4. The number of rotatable bonds is 6. The van der Waals surface area contributed by atoms with Gasteiger partial charge in [0, 0.05) is 44.1 Å². The number of carbonyl (C=O) groups excluding carboxylic acids is 2. The van der Waals surface area contributed by atoms with Crippen molar-refractivity contribution >= 4 is 11.8 Å². The van der Waals surface area contributed by atoms with E-state index in [1.807, 2.05) is 30.3 Å². The molecule has 0 saturated heterocycles. The van der Waals surface area contributed by atoms with Crippen LogP contribution in [-0.4, -0.2) is 40.4 Å². The maximum Gasteiger partial charge on any atom is 0.254 e. The molecule has 0 N–H and O–H groups in total. The molecular weight excluding hydrogens is 318 g/mol. The van der Waals surface area contributed by atoms with Crippen molar-refractivity contribution in [3.05, 3.63) is 52.9 Å². The van der Waals surface area contributed by atoms with E-state index in [0.717, 1.165) is 35.4 Å². The number of fused-ring (bicyclic) bond motifs is 1. The minimum Gasteiger partial charge on any atom is -0.361 e. The first-order valence-electron chi connectivity index (χ1n) is 8.68. The largest absolute Gasteiger partial charge is 0.361 e. The van der Waals surface area contributed by atoms with Gasteiger partial charge in [0.05, 0.1) is 6.54 Å². The molecule has 6 nitrogen and oxygen atoms in total. The number of amides is 2. The molecule has 1 aliphatic carbocycles. The lowest BCUT2D eigenvalue weighted by Gasteiger charge is -2.19. The highest BCUT2D eigenvalue weighted by atomic mass is 16.5. The number of hydrogen-bond donors (Lipinski definition) is 0. The van der Waals surface area contributed by atoms with E-state index in [0.29, 0.717) is 32.0 Å². The van der Waals surface area contributed by atoms with E-state index in [4.69, 9.17) is 4.52 Å². The molecule has 4 rings (SSSR count). The summed E-state index contributed by atoms with van der Waals surface area (Å²) in [6, 6.07) is 9.55. The molecule has 1 fully saturated rings. The van der Waals surface area contributed by atoms with Gasteiger partial charge >= 0.3 is 0 Å². The Balaban J connectivity index is 1.29. The Kier molecular flexibility index (Phi) is 4.03. The van der Waals surface area contributed by atoms with Gasteiger partial charge in [0.25, 0.3) is 5.91 Å². The summed E-state index contributed by atoms with van der Waals surface area (Å²) in [5.41, 5.74) is 2.56. The Hall–Kier alpha value is -2.63. The lowest BCUT2D eigenvalue weighted by atomic mass is 10.1. The molecule has 2 heterocycles. The fraction of sp³-hybridized carbons (Fsp3) is 0.421. The average molecular weight is 339 g/mol. The Labute approximate surface area is 146 Å². The molecule has 1 aliphatic heterocycles. The lowest BCUT2D eigenvalue weighted by Crippen LogP contribution is -2.32. The Morgan fingerprint density at radius 3 is 2.92 bits per heavy atom. The molecule has 25 heavy (non-hydrogen) atoms. The van der Waals surface area contributed by atoms with Crippen LogP contribution >= 0.6 is 0 Å². The number of nitrogens with zero attached hydrogens (tertiary/aromatic N) is 3. The van der Waals surface area contributed by atoms with Gasteiger partial charge in [-0.05, 0) is 24.5 Å². The SMILES string of the molecule is CN(Cc1cc(C2CC2)on1)C(=O)CCN1Cc2ccccc2C1=O. The number of benzene rings is 1. The monoisotopic (exact) mass is 339 g/mol. The summed E-state index contributed by atoms with van der Waals surface area (Å²) < 4.78 is 5.32. The molecule has 2 aromatic rings. The Morgan fingerprint density at radius 2 is 2.16 bits per heavy atom. The highest BCUT2D eigenvalue weighted by molar-refractivity contribution is 5.98. The maximum atomic E-state index is 12.4. The van der Waals surface area contributed by atoms with Crippen LogP contribution in [0.3, 0.4) is 0 Å². The van der Waals surface area contributed by atoms with E-state index < -0.39 is 0 Å². The number of aromatic nitrogens is 1. The van der Waals surface area contributed by atoms with Gasteiger partial charge in [0.15, 0.2) is 0 Å². The maximum absolute atomic E-state index is 12.4. The van der Waals surface area contributed by atoms with Gasteiger partial charge in [0.2, 0.25) is 5.91 Å². The van der Waals surface area contributed by atoms with Crippen molar-refractivity contribution in [2.45, 2.75) is 38.3 Å². The van der Waals surface area contributed by atoms with Crippen molar-refractivity contribution in [1.29, 1.82) is 0 Å². The van der Waals surface area contributed by atoms with Crippen LogP contribution in [0.15, 0.2) is 34.9 Å². The van der Waals surface area contributed by atoms with Crippen LogP contribution in [0.4, 0.5) is 0 Å². The number of carbonyl (C=O) groups is 2. The molecule has 0 unspecified atom stereocenters. The molecule has 0 atom stereocenters. The second-order valence-corrected chi connectivity index (χ2v) is 6.88. The van der Waals surface area contributed by atoms with Gasteiger partial charge in [-0.1, -0.05) is 23.4 Å². The Bertz CT molecular complexity index is 810. The predicted molar refractivity (Wildman–Crippen MR) is 90.8 cm³/mol. The van der Waals surface area contributed by atoms with Gasteiger partial charge < -0.3 is 14.3 Å². The van der Waals surface area contributed by atoms with E-state index >= 15 is 0 Å². The first kappa shape index (κ1) is 15.9. The molecule has 1 saturated carbocycles. The normalized spacial score (nSPS) is 16.2. The van der Waals surface area contributed by atoms with Crippen molar-refractivity contribution in [3.63, 3.8) is 0 Å². The molecule has 1 aromatic carbocycles. The number of hydrogen-bond acceptors (Lipinski definition) is 4. The fourth-order valence-corrected chi connectivity index (χ4v) is 3.21. The molecular formula is C19H21N3O3. The molecule has 0 bridgehead atoms. The van der Waals surface area contributed by atoms with Crippen LogP contribution in [0.25, 0.3) is 0 Å². The van der Waals surface area contributed by atoms with Crippen molar-refractivity contribution in [2.24, 2.45) is 0 Å². The zero-order valence-electron chi connectivity index (χ0n) is 14.3. The van der Waals surface area contributed by atoms with Crippen LogP contribution in [-0.2, 0) is 17.9 Å². The third kappa shape index (κ3) is 3.29. The van der Waals surface area contributed by atoms with Gasteiger partial charge in [-0.25, -0.2) is 0 Å². The molecule has 2 amide bonds. The minimum absolute atomic E-state index is 0.000252. The van der Waals surface area contributed by atoms with E-state index in [1.165, 1.54) is 0 Å². The first-order valence-corrected chi connectivity index (χ1v) is 8.68. The third-order valence-corrected chi connectivity index (χ3v) is 4.87. The summed E-state index contributed by atoms with van der Waals surface area (Å²) >= 11 is 0. The fourth-order valence-electron chi connectivity index (χ4n) is 3.21. The van der Waals surface area contributed by atoms with E-state index in [9.17, 15) is 9.59 Å². The van der Waals surface area contributed by atoms with Crippen molar-refractivity contribution in [1.82, 2.24) is 15.0 Å². The summed E-state index contributed by atoms with van der Waals surface area (Å²) in [6.45, 7) is 1.45. The van der Waals surface area contributed by atoms with Crippen LogP contribution in [0.5, 0.6) is 0 Å². The molecule has 1 aromatic heterocycles. The summed E-state index contributed by atoms with van der Waals surface area (Å²) in [6.07, 6.45) is 2.63. The molecule has 130 valence electrons. The third-order valence-electron chi connectivity index (χ3n) is 4.87. The van der Waals surface area contributed by atoms with Crippen LogP contribution in [0, 0.1) is 0 Å². The lowest BCUT2D eigenvalue weighted by molar-refractivity contribution is -0.130. The average Bonchev–Trinajstić information content (AvgIpc) is 3.29. The summed E-state index contributed by atoms with van der Waals surface area (Å²) in [4.78, 5) is 28.1. The summed E-state index contributed by atoms with van der Waals surface area (Å²) in [5, 5.41) is 4.04. The quantitative estimate of drug-likeness (QED) is 0.811. The van der Waals surface area contributed by atoms with Crippen molar-refractivity contribution in [3.8, 4) is 0 Å². The van der Waals surface area contributed by atoms with Gasteiger partial charge in [-0.15, -0.1) is 0 Å². The van der Waals surface area contributed by atoms with Crippen molar-refractivity contribution < 1.29 is 14.1 Å². The van der Waals surface area contributed by atoms with Gasteiger partial charge in [0.1, 0.15) is 11.5 Å². The molecule has 0 radical (unpaired) electrons. The predicted octanol–water partition coefficient (Wildman–Crippen LogP) is 2.56. The van der Waals surface area contributed by atoms with Crippen LogP contribution in [0.2, 0.25) is 0 Å². The van der Waals surface area contributed by atoms with E-state index in [1.54, 1.807) is 16.8 Å². The minimum atomic E-state index is -0.000252. The van der Waals surface area contributed by atoms with Crippen molar-refractivity contribution in [2.75, 3.05) is 13.6 Å².